The van der Waals surface area contributed by atoms with Crippen molar-refractivity contribution in [2.24, 2.45) is 0 Å². The van der Waals surface area contributed by atoms with E-state index in [1.54, 1.807) is 12.3 Å². The molecule has 0 radical (unpaired) electrons. The van der Waals surface area contributed by atoms with Gasteiger partial charge in [-0.05, 0) is 23.3 Å². The number of carboxylic acid groups (broad SMARTS) is 1. The van der Waals surface area contributed by atoms with E-state index in [-0.39, 0.29) is 5.56 Å². The quantitative estimate of drug-likeness (QED) is 0.875. The van der Waals surface area contributed by atoms with Crippen LogP contribution in [-0.2, 0) is 13.1 Å². The maximum Gasteiger partial charge on any atom is 0.335 e. The number of hydrogen-bond acceptors (Lipinski definition) is 3. The standard InChI is InChI=1S/C14H12N2O2/c17-14(18)10-5-6-15-13(7-10)16-8-11-3-1-2-4-12(11)9-16/h1-7H,8-9H2,(H,17,18). The van der Waals surface area contributed by atoms with E-state index in [1.807, 2.05) is 12.1 Å². The molecule has 0 unspecified atom stereocenters. The summed E-state index contributed by atoms with van der Waals surface area (Å²) in [6, 6.07) is 11.4. The van der Waals surface area contributed by atoms with Crippen molar-refractivity contribution >= 4 is 11.8 Å². The van der Waals surface area contributed by atoms with Crippen molar-refractivity contribution in [3.8, 4) is 0 Å². The van der Waals surface area contributed by atoms with Crippen LogP contribution in [0, 0.1) is 0 Å². The Balaban J connectivity index is 1.90. The predicted molar refractivity (Wildman–Crippen MR) is 67.5 cm³/mol. The first kappa shape index (κ1) is 10.8. The van der Waals surface area contributed by atoms with E-state index in [9.17, 15) is 4.79 Å². The van der Waals surface area contributed by atoms with Gasteiger partial charge in [0.25, 0.3) is 0 Å². The number of anilines is 1. The molecule has 1 aromatic heterocycles. The first-order chi connectivity index (χ1) is 8.74. The molecule has 2 heterocycles. The highest BCUT2D eigenvalue weighted by Gasteiger charge is 2.20. The largest absolute Gasteiger partial charge is 0.478 e. The second-order valence-electron chi connectivity index (χ2n) is 4.33. The Morgan fingerprint density at radius 1 is 1.17 bits per heavy atom. The molecule has 0 amide bonds. The molecule has 1 N–H and O–H groups in total. The Labute approximate surface area is 105 Å². The lowest BCUT2D eigenvalue weighted by molar-refractivity contribution is 0.0697. The van der Waals surface area contributed by atoms with Gasteiger partial charge >= 0.3 is 5.97 Å². The Hall–Kier alpha value is -2.36. The number of rotatable bonds is 2. The topological polar surface area (TPSA) is 53.4 Å². The Bertz CT molecular complexity index is 585. The van der Waals surface area contributed by atoms with Gasteiger partial charge in [0.1, 0.15) is 5.82 Å². The summed E-state index contributed by atoms with van der Waals surface area (Å²) in [5.41, 5.74) is 2.83. The molecule has 0 saturated carbocycles. The predicted octanol–water partition coefficient (Wildman–Crippen LogP) is 2.30. The van der Waals surface area contributed by atoms with Gasteiger partial charge < -0.3 is 10.0 Å². The van der Waals surface area contributed by atoms with Gasteiger partial charge in [0.2, 0.25) is 0 Å². The Kier molecular flexibility index (Phi) is 2.48. The summed E-state index contributed by atoms with van der Waals surface area (Å²) in [5.74, 6) is -0.207. The molecule has 1 aromatic carbocycles. The third kappa shape index (κ3) is 1.82. The van der Waals surface area contributed by atoms with Crippen LogP contribution in [0.15, 0.2) is 42.6 Å². The average molecular weight is 240 g/mol. The van der Waals surface area contributed by atoms with Crippen molar-refractivity contribution in [1.82, 2.24) is 4.98 Å². The summed E-state index contributed by atoms with van der Waals surface area (Å²) >= 11 is 0. The van der Waals surface area contributed by atoms with E-state index in [2.05, 4.69) is 22.0 Å². The smallest absolute Gasteiger partial charge is 0.335 e. The molecule has 0 bridgehead atoms. The fourth-order valence-corrected chi connectivity index (χ4v) is 2.22. The number of aromatic carboxylic acids is 1. The van der Waals surface area contributed by atoms with E-state index >= 15 is 0 Å². The molecule has 18 heavy (non-hydrogen) atoms. The van der Waals surface area contributed by atoms with Gasteiger partial charge in [0.15, 0.2) is 0 Å². The molecule has 2 aromatic rings. The molecule has 90 valence electrons. The molecule has 4 nitrogen and oxygen atoms in total. The van der Waals surface area contributed by atoms with Crippen LogP contribution in [0.25, 0.3) is 0 Å². The molecule has 0 spiro atoms. The highest BCUT2D eigenvalue weighted by molar-refractivity contribution is 5.88. The number of nitrogens with zero attached hydrogens (tertiary/aromatic N) is 2. The summed E-state index contributed by atoms with van der Waals surface area (Å²) in [6.07, 6.45) is 1.54. The van der Waals surface area contributed by atoms with Crippen LogP contribution in [0.4, 0.5) is 5.82 Å². The van der Waals surface area contributed by atoms with Gasteiger partial charge in [-0.15, -0.1) is 0 Å². The van der Waals surface area contributed by atoms with Gasteiger partial charge in [-0.3, -0.25) is 0 Å². The van der Waals surface area contributed by atoms with Crippen molar-refractivity contribution in [1.29, 1.82) is 0 Å². The zero-order chi connectivity index (χ0) is 12.5. The number of pyridine rings is 1. The number of carbonyl (C=O) groups is 1. The highest BCUT2D eigenvalue weighted by Crippen LogP contribution is 2.26. The molecule has 0 atom stereocenters. The van der Waals surface area contributed by atoms with Crippen LogP contribution in [-0.4, -0.2) is 16.1 Å². The highest BCUT2D eigenvalue weighted by atomic mass is 16.4. The van der Waals surface area contributed by atoms with Gasteiger partial charge in [-0.2, -0.15) is 0 Å². The number of fused-ring (bicyclic) bond motifs is 1. The Morgan fingerprint density at radius 3 is 2.44 bits per heavy atom. The summed E-state index contributed by atoms with van der Waals surface area (Å²) in [7, 11) is 0. The van der Waals surface area contributed by atoms with E-state index in [0.29, 0.717) is 5.82 Å². The second kappa shape index (κ2) is 4.14. The second-order valence-corrected chi connectivity index (χ2v) is 4.33. The number of aromatic nitrogens is 1. The SMILES string of the molecule is O=C(O)c1ccnc(N2Cc3ccccc3C2)c1. The zero-order valence-corrected chi connectivity index (χ0v) is 9.71. The van der Waals surface area contributed by atoms with Crippen LogP contribution in [0.3, 0.4) is 0 Å². The molecule has 1 aliphatic heterocycles. The lowest BCUT2D eigenvalue weighted by Crippen LogP contribution is -2.16. The van der Waals surface area contributed by atoms with Crippen LogP contribution in [0.2, 0.25) is 0 Å². The zero-order valence-electron chi connectivity index (χ0n) is 9.71. The van der Waals surface area contributed by atoms with Crippen molar-refractivity contribution in [3.05, 3.63) is 59.3 Å². The van der Waals surface area contributed by atoms with E-state index in [0.717, 1.165) is 13.1 Å². The monoisotopic (exact) mass is 240 g/mol. The molecule has 1 aliphatic rings. The molecule has 3 rings (SSSR count). The molecular formula is C14H12N2O2. The molecule has 4 heteroatoms. The van der Waals surface area contributed by atoms with Crippen LogP contribution >= 0.6 is 0 Å². The van der Waals surface area contributed by atoms with Crippen molar-refractivity contribution in [3.63, 3.8) is 0 Å². The molecular weight excluding hydrogens is 228 g/mol. The lowest BCUT2D eigenvalue weighted by atomic mass is 10.1. The maximum atomic E-state index is 10.9. The molecule has 0 saturated heterocycles. The first-order valence-corrected chi connectivity index (χ1v) is 5.75. The average Bonchev–Trinajstić information content (AvgIpc) is 2.82. The van der Waals surface area contributed by atoms with E-state index in [1.165, 1.54) is 17.2 Å². The van der Waals surface area contributed by atoms with Gasteiger partial charge in [-0.1, -0.05) is 24.3 Å². The van der Waals surface area contributed by atoms with Crippen LogP contribution in [0.5, 0.6) is 0 Å². The summed E-state index contributed by atoms with van der Waals surface area (Å²) < 4.78 is 0. The van der Waals surface area contributed by atoms with Crippen molar-refractivity contribution in [2.75, 3.05) is 4.90 Å². The molecule has 0 aliphatic carbocycles. The fourth-order valence-electron chi connectivity index (χ4n) is 2.22. The summed E-state index contributed by atoms with van der Waals surface area (Å²) in [6.45, 7) is 1.57. The minimum Gasteiger partial charge on any atom is -0.478 e. The molecule has 0 fully saturated rings. The number of carboxylic acids is 1. The van der Waals surface area contributed by atoms with E-state index in [4.69, 9.17) is 5.11 Å². The minimum absolute atomic E-state index is 0.274. The minimum atomic E-state index is -0.921. The summed E-state index contributed by atoms with van der Waals surface area (Å²) in [5, 5.41) is 8.98. The lowest BCUT2D eigenvalue weighted by Gasteiger charge is -2.16. The third-order valence-corrected chi connectivity index (χ3v) is 3.16. The van der Waals surface area contributed by atoms with Crippen molar-refractivity contribution < 1.29 is 9.90 Å². The maximum absolute atomic E-state index is 10.9. The first-order valence-electron chi connectivity index (χ1n) is 5.75. The van der Waals surface area contributed by atoms with Gasteiger partial charge in [0, 0.05) is 19.3 Å². The Morgan fingerprint density at radius 2 is 1.83 bits per heavy atom. The van der Waals surface area contributed by atoms with Crippen molar-refractivity contribution in [2.45, 2.75) is 13.1 Å². The number of hydrogen-bond donors (Lipinski definition) is 1. The number of benzene rings is 1. The fraction of sp³-hybridized carbons (Fsp3) is 0.143. The normalized spacial score (nSPS) is 13.4. The van der Waals surface area contributed by atoms with Crippen LogP contribution in [0.1, 0.15) is 21.5 Å². The van der Waals surface area contributed by atoms with Crippen LogP contribution < -0.4 is 4.90 Å². The van der Waals surface area contributed by atoms with Gasteiger partial charge in [0.05, 0.1) is 5.56 Å². The van der Waals surface area contributed by atoms with E-state index < -0.39 is 5.97 Å². The van der Waals surface area contributed by atoms with Gasteiger partial charge in [-0.25, -0.2) is 9.78 Å². The third-order valence-electron chi connectivity index (χ3n) is 3.16. The summed E-state index contributed by atoms with van der Waals surface area (Å²) in [4.78, 5) is 17.3.